The molecule has 2 unspecified atom stereocenters. The first kappa shape index (κ1) is 32.6. The van der Waals surface area contributed by atoms with Crippen molar-refractivity contribution in [2.45, 2.75) is 62.6 Å². The number of hydrogen-bond acceptors (Lipinski definition) is 7. The SMILES string of the molecule is CCCc1cc(C(=O)NC(Cc2ccccc2)C(O)C(=O)O)nn1Cc1ccc(-c2ccccc2S(=O)(=O)NC(=O)C2CC2)cc1. The Morgan fingerprint density at radius 2 is 1.63 bits per heavy atom. The Morgan fingerprint density at radius 1 is 0.957 bits per heavy atom. The molecular formula is C34H36N4O7S. The molecule has 1 heterocycles. The molecule has 0 spiro atoms. The molecule has 0 bridgehead atoms. The number of carbonyl (C=O) groups is 3. The number of rotatable bonds is 14. The molecule has 1 aliphatic rings. The highest BCUT2D eigenvalue weighted by atomic mass is 32.2. The maximum Gasteiger partial charge on any atom is 0.334 e. The van der Waals surface area contributed by atoms with Gasteiger partial charge in [-0.3, -0.25) is 14.3 Å². The fourth-order valence-electron chi connectivity index (χ4n) is 5.20. The van der Waals surface area contributed by atoms with Crippen LogP contribution in [0.15, 0.2) is 89.8 Å². The first-order chi connectivity index (χ1) is 22.1. The van der Waals surface area contributed by atoms with Crippen molar-refractivity contribution in [1.29, 1.82) is 0 Å². The molecule has 5 rings (SSSR count). The lowest BCUT2D eigenvalue weighted by molar-refractivity contribution is -0.148. The normalized spacial score (nSPS) is 14.3. The number of aliphatic carboxylic acids is 1. The molecule has 1 aliphatic carbocycles. The van der Waals surface area contributed by atoms with Crippen molar-refractivity contribution in [3.8, 4) is 11.1 Å². The summed E-state index contributed by atoms with van der Waals surface area (Å²) in [4.78, 5) is 37.0. The van der Waals surface area contributed by atoms with Gasteiger partial charge in [-0.05, 0) is 54.5 Å². The fourth-order valence-corrected chi connectivity index (χ4v) is 6.48. The number of carboxylic acids is 1. The molecule has 1 fully saturated rings. The smallest absolute Gasteiger partial charge is 0.334 e. The molecule has 3 aromatic carbocycles. The molecule has 11 nitrogen and oxygen atoms in total. The number of aromatic nitrogens is 2. The Hall–Kier alpha value is -4.81. The van der Waals surface area contributed by atoms with E-state index >= 15 is 0 Å². The summed E-state index contributed by atoms with van der Waals surface area (Å²) in [6.07, 6.45) is 1.12. The van der Waals surface area contributed by atoms with Crippen molar-refractivity contribution in [3.05, 3.63) is 107 Å². The van der Waals surface area contributed by atoms with Crippen LogP contribution in [0.1, 0.15) is 53.5 Å². The molecule has 46 heavy (non-hydrogen) atoms. The van der Waals surface area contributed by atoms with Crippen LogP contribution in [0, 0.1) is 5.92 Å². The van der Waals surface area contributed by atoms with E-state index in [1.165, 1.54) is 6.07 Å². The van der Waals surface area contributed by atoms with Crippen LogP contribution >= 0.6 is 0 Å². The van der Waals surface area contributed by atoms with E-state index in [2.05, 4.69) is 15.1 Å². The molecule has 0 radical (unpaired) electrons. The predicted octanol–water partition coefficient (Wildman–Crippen LogP) is 3.55. The number of nitrogens with one attached hydrogen (secondary N) is 2. The number of sulfonamides is 1. The molecule has 4 N–H and O–H groups in total. The van der Waals surface area contributed by atoms with Gasteiger partial charge in [-0.15, -0.1) is 0 Å². The third-order valence-corrected chi connectivity index (χ3v) is 9.21. The van der Waals surface area contributed by atoms with Crippen molar-refractivity contribution in [3.63, 3.8) is 0 Å². The van der Waals surface area contributed by atoms with Gasteiger partial charge in [-0.1, -0.05) is 86.1 Å². The van der Waals surface area contributed by atoms with Crippen LogP contribution in [0.25, 0.3) is 11.1 Å². The molecule has 2 amide bonds. The standard InChI is InChI=1S/C34H36N4O7S/c1-2-8-26-20-29(33(41)35-28(31(39)34(42)43)19-22-9-4-3-5-10-22)36-38(26)21-23-13-15-24(16-14-23)27-11-6-7-12-30(27)46(44,45)37-32(40)25-17-18-25/h3-7,9-16,20,25,28,31,39H,2,8,17-19,21H2,1H3,(H,35,41)(H,37,40)(H,42,43). The summed E-state index contributed by atoms with van der Waals surface area (Å²) < 4.78 is 30.0. The molecule has 12 heteroatoms. The zero-order valence-electron chi connectivity index (χ0n) is 25.3. The maximum absolute atomic E-state index is 13.3. The third kappa shape index (κ3) is 7.88. The van der Waals surface area contributed by atoms with Gasteiger partial charge in [0.05, 0.1) is 17.5 Å². The Morgan fingerprint density at radius 3 is 2.28 bits per heavy atom. The van der Waals surface area contributed by atoms with Gasteiger partial charge in [0.25, 0.3) is 15.9 Å². The summed E-state index contributed by atoms with van der Waals surface area (Å²) in [5.41, 5.74) is 3.63. The van der Waals surface area contributed by atoms with Gasteiger partial charge in [-0.2, -0.15) is 5.10 Å². The quantitative estimate of drug-likeness (QED) is 0.162. The number of aliphatic hydroxyl groups is 1. The first-order valence-corrected chi connectivity index (χ1v) is 16.6. The summed E-state index contributed by atoms with van der Waals surface area (Å²) in [6, 6.07) is 23.4. The van der Waals surface area contributed by atoms with Crippen LogP contribution in [-0.2, 0) is 39.0 Å². The molecular weight excluding hydrogens is 608 g/mol. The highest BCUT2D eigenvalue weighted by Crippen LogP contribution is 2.31. The van der Waals surface area contributed by atoms with E-state index in [4.69, 9.17) is 0 Å². The van der Waals surface area contributed by atoms with Crippen LogP contribution in [0.3, 0.4) is 0 Å². The summed E-state index contributed by atoms with van der Waals surface area (Å²) in [5, 5.41) is 26.9. The second kappa shape index (κ2) is 14.1. The summed E-state index contributed by atoms with van der Waals surface area (Å²) in [7, 11) is -4.06. The number of aliphatic hydroxyl groups excluding tert-OH is 1. The number of hydrogen-bond donors (Lipinski definition) is 4. The van der Waals surface area contributed by atoms with Crippen LogP contribution < -0.4 is 10.0 Å². The molecule has 1 saturated carbocycles. The lowest BCUT2D eigenvalue weighted by Gasteiger charge is -2.21. The summed E-state index contributed by atoms with van der Waals surface area (Å²) in [6.45, 7) is 2.33. The third-order valence-electron chi connectivity index (χ3n) is 7.81. The van der Waals surface area contributed by atoms with Gasteiger partial charge in [0.1, 0.15) is 5.69 Å². The molecule has 0 aliphatic heterocycles. The Bertz CT molecular complexity index is 1820. The van der Waals surface area contributed by atoms with Gasteiger partial charge in [-0.25, -0.2) is 17.9 Å². The monoisotopic (exact) mass is 644 g/mol. The predicted molar refractivity (Wildman–Crippen MR) is 170 cm³/mol. The molecule has 2 atom stereocenters. The van der Waals surface area contributed by atoms with Crippen LogP contribution in [0.5, 0.6) is 0 Å². The lowest BCUT2D eigenvalue weighted by atomic mass is 10.0. The Kier molecular flexibility index (Phi) is 9.98. The van der Waals surface area contributed by atoms with Crippen LogP contribution in [0.4, 0.5) is 0 Å². The molecule has 240 valence electrons. The summed E-state index contributed by atoms with van der Waals surface area (Å²) in [5.74, 6) is -2.77. The minimum absolute atomic E-state index is 0.0169. The van der Waals surface area contributed by atoms with Crippen molar-refractivity contribution < 1.29 is 33.0 Å². The van der Waals surface area contributed by atoms with Crippen molar-refractivity contribution in [1.82, 2.24) is 19.8 Å². The van der Waals surface area contributed by atoms with Gasteiger partial charge >= 0.3 is 5.97 Å². The average Bonchev–Trinajstić information content (AvgIpc) is 3.83. The largest absolute Gasteiger partial charge is 0.479 e. The highest BCUT2D eigenvalue weighted by molar-refractivity contribution is 7.90. The molecule has 1 aromatic heterocycles. The van der Waals surface area contributed by atoms with Crippen molar-refractivity contribution >= 4 is 27.8 Å². The van der Waals surface area contributed by atoms with Crippen molar-refractivity contribution in [2.24, 2.45) is 5.92 Å². The van der Waals surface area contributed by atoms with E-state index in [0.29, 0.717) is 36.9 Å². The van der Waals surface area contributed by atoms with Gasteiger partial charge in [0, 0.05) is 17.2 Å². The number of carbonyl (C=O) groups excluding carboxylic acids is 2. The van der Waals surface area contributed by atoms with E-state index < -0.39 is 40.0 Å². The topological polar surface area (TPSA) is 168 Å². The Labute approximate surface area is 267 Å². The highest BCUT2D eigenvalue weighted by Gasteiger charge is 2.33. The number of nitrogens with zero attached hydrogens (tertiary/aromatic N) is 2. The summed E-state index contributed by atoms with van der Waals surface area (Å²) >= 11 is 0. The number of benzene rings is 3. The Balaban J connectivity index is 1.33. The molecule has 4 aromatic rings. The zero-order chi connectivity index (χ0) is 32.8. The zero-order valence-corrected chi connectivity index (χ0v) is 26.1. The molecule has 0 saturated heterocycles. The van der Waals surface area contributed by atoms with E-state index in [1.54, 1.807) is 65.3 Å². The lowest BCUT2D eigenvalue weighted by Crippen LogP contribution is -2.48. The van der Waals surface area contributed by atoms with Gasteiger partial charge in [0.15, 0.2) is 6.10 Å². The van der Waals surface area contributed by atoms with Crippen molar-refractivity contribution in [2.75, 3.05) is 0 Å². The average molecular weight is 645 g/mol. The van der Waals surface area contributed by atoms with Gasteiger partial charge < -0.3 is 15.5 Å². The van der Waals surface area contributed by atoms with Crippen LogP contribution in [-0.4, -0.2) is 58.3 Å². The second-order valence-corrected chi connectivity index (χ2v) is 13.1. The second-order valence-electron chi connectivity index (χ2n) is 11.4. The minimum Gasteiger partial charge on any atom is -0.479 e. The van der Waals surface area contributed by atoms with E-state index in [-0.39, 0.29) is 22.9 Å². The number of amides is 2. The van der Waals surface area contributed by atoms with E-state index in [1.807, 2.05) is 25.1 Å². The number of aryl methyl sites for hydroxylation is 1. The van der Waals surface area contributed by atoms with Crippen LogP contribution in [0.2, 0.25) is 0 Å². The first-order valence-electron chi connectivity index (χ1n) is 15.1. The van der Waals surface area contributed by atoms with E-state index in [9.17, 15) is 33.0 Å². The number of carboxylic acid groups (broad SMARTS) is 1. The van der Waals surface area contributed by atoms with Gasteiger partial charge in [0.2, 0.25) is 5.91 Å². The maximum atomic E-state index is 13.3. The fraction of sp³-hybridized carbons (Fsp3) is 0.294. The van der Waals surface area contributed by atoms with E-state index in [0.717, 1.165) is 23.2 Å². The minimum atomic E-state index is -4.06.